The molecule has 1 nitrogen and oxygen atoms in total. The molecule has 2 aromatic carbocycles. The summed E-state index contributed by atoms with van der Waals surface area (Å²) in [5.74, 6) is 1.76. The lowest BCUT2D eigenvalue weighted by atomic mass is 9.76. The van der Waals surface area contributed by atoms with Gasteiger partial charge in [0.2, 0.25) is 0 Å². The molecule has 2 aromatic rings. The van der Waals surface area contributed by atoms with E-state index in [9.17, 15) is 4.39 Å². The van der Waals surface area contributed by atoms with Crippen LogP contribution in [0.3, 0.4) is 0 Å². The zero-order valence-corrected chi connectivity index (χ0v) is 17.6. The molecule has 1 unspecified atom stereocenters. The summed E-state index contributed by atoms with van der Waals surface area (Å²) in [4.78, 5) is 0. The molecule has 0 N–H and O–H groups in total. The zero-order chi connectivity index (χ0) is 20.2. The summed E-state index contributed by atoms with van der Waals surface area (Å²) in [6, 6.07) is 14.6. The predicted octanol–water partition coefficient (Wildman–Crippen LogP) is 7.43. The number of fused-ring (bicyclic) bond motifs is 1. The van der Waals surface area contributed by atoms with Gasteiger partial charge in [-0.3, -0.25) is 0 Å². The van der Waals surface area contributed by atoms with E-state index in [-0.39, 0.29) is 11.4 Å². The van der Waals surface area contributed by atoms with E-state index in [1.807, 2.05) is 6.07 Å². The molecule has 0 radical (unpaired) electrons. The molecule has 1 saturated carbocycles. The average molecular weight is 390 g/mol. The van der Waals surface area contributed by atoms with E-state index in [0.717, 1.165) is 42.2 Å². The first-order valence-electron chi connectivity index (χ1n) is 11.5. The Kier molecular flexibility index (Phi) is 6.34. The molecule has 0 amide bonds. The van der Waals surface area contributed by atoms with Crippen LogP contribution in [-0.2, 0) is 12.8 Å². The fraction of sp³-hybridized carbons (Fsp3) is 0.519. The molecule has 0 spiro atoms. The first kappa shape index (κ1) is 20.1. The second kappa shape index (κ2) is 9.12. The van der Waals surface area contributed by atoms with Crippen LogP contribution in [0.1, 0.15) is 97.9 Å². The molecule has 1 atom stereocenters. The number of rotatable bonds is 5. The molecule has 0 aromatic heterocycles. The second-order valence-electron chi connectivity index (χ2n) is 9.18. The molecule has 1 fully saturated rings. The van der Waals surface area contributed by atoms with Crippen molar-refractivity contribution in [2.24, 2.45) is 5.92 Å². The van der Waals surface area contributed by atoms with E-state index in [0.29, 0.717) is 5.92 Å². The highest BCUT2D eigenvalue weighted by atomic mass is 19.1. The predicted molar refractivity (Wildman–Crippen MR) is 117 cm³/mol. The number of nitrogens with zero attached hydrogens (tertiary/aromatic N) is 1. The molecule has 0 heterocycles. The van der Waals surface area contributed by atoms with Gasteiger partial charge in [0.1, 0.15) is 11.9 Å². The number of aryl methyl sites for hydroxylation is 1. The van der Waals surface area contributed by atoms with Crippen molar-refractivity contribution in [1.82, 2.24) is 0 Å². The average Bonchev–Trinajstić information content (AvgIpc) is 2.77. The smallest absolute Gasteiger partial charge is 0.141 e. The standard InChI is InChI=1S/C27H32FN/c1-2-3-4-19-5-7-20(8-6-19)21-9-11-22(12-10-21)23-13-14-24-16-26(18-29)27(28)17-25(24)15-23/h9-12,16-17,19-20,23H,2-8,13-15H2,1H3. The summed E-state index contributed by atoms with van der Waals surface area (Å²) in [7, 11) is 0. The van der Waals surface area contributed by atoms with Crippen LogP contribution in [0.5, 0.6) is 0 Å². The van der Waals surface area contributed by atoms with E-state index in [2.05, 4.69) is 31.2 Å². The van der Waals surface area contributed by atoms with E-state index >= 15 is 0 Å². The van der Waals surface area contributed by atoms with E-state index in [1.54, 1.807) is 12.1 Å². The number of benzene rings is 2. The first-order valence-corrected chi connectivity index (χ1v) is 11.5. The van der Waals surface area contributed by atoms with Crippen LogP contribution in [0.4, 0.5) is 4.39 Å². The number of unbranched alkanes of at least 4 members (excludes halogenated alkanes) is 1. The molecular formula is C27H32FN. The minimum absolute atomic E-state index is 0.177. The summed E-state index contributed by atoms with van der Waals surface area (Å²) in [6.45, 7) is 2.29. The lowest BCUT2D eigenvalue weighted by Gasteiger charge is -2.29. The Morgan fingerprint density at radius 2 is 1.62 bits per heavy atom. The number of halogens is 1. The maximum Gasteiger partial charge on any atom is 0.141 e. The van der Waals surface area contributed by atoms with Crippen molar-refractivity contribution in [2.45, 2.75) is 83.0 Å². The molecule has 2 aliphatic rings. The number of hydrogen-bond acceptors (Lipinski definition) is 1. The summed E-state index contributed by atoms with van der Waals surface area (Å²) >= 11 is 0. The van der Waals surface area contributed by atoms with Crippen LogP contribution < -0.4 is 0 Å². The summed E-state index contributed by atoms with van der Waals surface area (Å²) < 4.78 is 14.0. The SMILES string of the molecule is CCCCC1CCC(c2ccc(C3CCc4cc(C#N)c(F)cc4C3)cc2)CC1. The molecule has 0 saturated heterocycles. The minimum atomic E-state index is -0.378. The Hall–Kier alpha value is -2.14. The van der Waals surface area contributed by atoms with Gasteiger partial charge in [0.05, 0.1) is 5.56 Å². The Bertz CT molecular complexity index is 869. The van der Waals surface area contributed by atoms with Crippen molar-refractivity contribution in [2.75, 3.05) is 0 Å². The Morgan fingerprint density at radius 1 is 0.931 bits per heavy atom. The lowest BCUT2D eigenvalue weighted by Crippen LogP contribution is -2.15. The quantitative estimate of drug-likeness (QED) is 0.521. The Balaban J connectivity index is 1.39. The first-order chi connectivity index (χ1) is 14.2. The summed E-state index contributed by atoms with van der Waals surface area (Å²) in [5.41, 5.74) is 5.28. The summed E-state index contributed by atoms with van der Waals surface area (Å²) in [5, 5.41) is 9.05. The Morgan fingerprint density at radius 3 is 2.28 bits per heavy atom. The lowest BCUT2D eigenvalue weighted by molar-refractivity contribution is 0.304. The number of nitriles is 1. The van der Waals surface area contributed by atoms with Gasteiger partial charge >= 0.3 is 0 Å². The number of hydrogen-bond donors (Lipinski definition) is 0. The highest BCUT2D eigenvalue weighted by Crippen LogP contribution is 2.39. The molecule has 0 bridgehead atoms. The van der Waals surface area contributed by atoms with Gasteiger partial charge in [0.15, 0.2) is 0 Å². The zero-order valence-electron chi connectivity index (χ0n) is 17.6. The largest absolute Gasteiger partial charge is 0.206 e. The highest BCUT2D eigenvalue weighted by molar-refractivity contribution is 5.42. The van der Waals surface area contributed by atoms with E-state index < -0.39 is 0 Å². The Labute approximate surface area is 175 Å². The van der Waals surface area contributed by atoms with Crippen molar-refractivity contribution in [3.05, 3.63) is 70.0 Å². The van der Waals surface area contributed by atoms with Crippen LogP contribution in [0.2, 0.25) is 0 Å². The van der Waals surface area contributed by atoms with Gasteiger partial charge in [-0.15, -0.1) is 0 Å². The maximum atomic E-state index is 14.0. The monoisotopic (exact) mass is 389 g/mol. The van der Waals surface area contributed by atoms with Crippen molar-refractivity contribution in [1.29, 1.82) is 5.26 Å². The minimum Gasteiger partial charge on any atom is -0.206 e. The normalized spacial score (nSPS) is 24.0. The fourth-order valence-electron chi connectivity index (χ4n) is 5.47. The van der Waals surface area contributed by atoms with Crippen molar-refractivity contribution < 1.29 is 4.39 Å². The fourth-order valence-corrected chi connectivity index (χ4v) is 5.47. The maximum absolute atomic E-state index is 14.0. The van der Waals surface area contributed by atoms with Crippen molar-refractivity contribution in [3.8, 4) is 6.07 Å². The second-order valence-corrected chi connectivity index (χ2v) is 9.18. The molecular weight excluding hydrogens is 357 g/mol. The third-order valence-electron chi connectivity index (χ3n) is 7.33. The van der Waals surface area contributed by atoms with Crippen LogP contribution >= 0.6 is 0 Å². The third kappa shape index (κ3) is 4.55. The van der Waals surface area contributed by atoms with Gasteiger partial charge in [-0.1, -0.05) is 50.5 Å². The van der Waals surface area contributed by atoms with Gasteiger partial charge in [-0.25, -0.2) is 4.39 Å². The van der Waals surface area contributed by atoms with Gasteiger partial charge in [-0.2, -0.15) is 5.26 Å². The van der Waals surface area contributed by atoms with E-state index in [1.165, 1.54) is 56.1 Å². The van der Waals surface area contributed by atoms with Crippen LogP contribution in [0.25, 0.3) is 0 Å². The van der Waals surface area contributed by atoms with Gasteiger partial charge in [0, 0.05) is 0 Å². The van der Waals surface area contributed by atoms with Gasteiger partial charge in [-0.05, 0) is 97.1 Å². The molecule has 29 heavy (non-hydrogen) atoms. The van der Waals surface area contributed by atoms with Gasteiger partial charge in [0.25, 0.3) is 0 Å². The van der Waals surface area contributed by atoms with Crippen LogP contribution in [-0.4, -0.2) is 0 Å². The molecule has 152 valence electrons. The van der Waals surface area contributed by atoms with Crippen LogP contribution in [0.15, 0.2) is 36.4 Å². The van der Waals surface area contributed by atoms with Crippen molar-refractivity contribution in [3.63, 3.8) is 0 Å². The highest BCUT2D eigenvalue weighted by Gasteiger charge is 2.24. The van der Waals surface area contributed by atoms with Gasteiger partial charge < -0.3 is 0 Å². The topological polar surface area (TPSA) is 23.8 Å². The molecule has 4 rings (SSSR count). The third-order valence-corrected chi connectivity index (χ3v) is 7.33. The molecule has 0 aliphatic heterocycles. The molecule has 2 aliphatic carbocycles. The van der Waals surface area contributed by atoms with E-state index in [4.69, 9.17) is 5.26 Å². The van der Waals surface area contributed by atoms with Crippen LogP contribution in [0, 0.1) is 23.1 Å². The molecule has 2 heteroatoms. The summed E-state index contributed by atoms with van der Waals surface area (Å²) in [6.07, 6.45) is 12.5. The van der Waals surface area contributed by atoms with Crippen molar-refractivity contribution >= 4 is 0 Å².